The average molecular weight is 389 g/mol. The van der Waals surface area contributed by atoms with E-state index >= 15 is 0 Å². The summed E-state index contributed by atoms with van der Waals surface area (Å²) in [6.45, 7) is 14.4. The zero-order valence-corrected chi connectivity index (χ0v) is 18.4. The van der Waals surface area contributed by atoms with Crippen LogP contribution in [0.5, 0.6) is 0 Å². The van der Waals surface area contributed by atoms with Crippen molar-refractivity contribution in [2.45, 2.75) is 61.3 Å². The number of carbonyl (C=O) groups excluding carboxylic acids is 2. The molecule has 1 aromatic heterocycles. The fourth-order valence-corrected chi connectivity index (χ4v) is 1.88. The van der Waals surface area contributed by atoms with Gasteiger partial charge in [-0.25, -0.2) is 9.78 Å². The van der Waals surface area contributed by atoms with Crippen LogP contribution in [0, 0.1) is 0 Å². The third kappa shape index (κ3) is 11.1. The number of aromatic nitrogens is 1. The Morgan fingerprint density at radius 3 is 2.14 bits per heavy atom. The van der Waals surface area contributed by atoms with Gasteiger partial charge in [-0.05, 0) is 29.7 Å². The van der Waals surface area contributed by atoms with Crippen LogP contribution in [0.15, 0.2) is 42.6 Å². The minimum absolute atomic E-state index is 0.398. The topological polar surface area (TPSA) is 68.3 Å². The molecular formula is C23H36N2O3. The average Bonchev–Trinajstić information content (AvgIpc) is 2.78. The lowest BCUT2D eigenvalue weighted by Gasteiger charge is -2.07. The number of unbranched alkanes of at least 4 members (excludes halogenated alkanes) is 1. The van der Waals surface area contributed by atoms with Gasteiger partial charge in [0, 0.05) is 11.8 Å². The molecule has 1 aromatic carbocycles. The summed E-state index contributed by atoms with van der Waals surface area (Å²) in [5.41, 5.74) is 2.46. The summed E-state index contributed by atoms with van der Waals surface area (Å²) >= 11 is 0. The van der Waals surface area contributed by atoms with E-state index in [9.17, 15) is 9.59 Å². The van der Waals surface area contributed by atoms with Crippen molar-refractivity contribution >= 4 is 18.2 Å². The second-order valence-electron chi connectivity index (χ2n) is 4.78. The van der Waals surface area contributed by atoms with E-state index in [4.69, 9.17) is 4.74 Å². The third-order valence-electron chi connectivity index (χ3n) is 3.10. The molecule has 0 saturated carbocycles. The number of hydrogen-bond donors (Lipinski definition) is 1. The predicted molar refractivity (Wildman–Crippen MR) is 119 cm³/mol. The first-order chi connectivity index (χ1) is 13.7. The number of carbonyl (C=O) groups is 2. The number of nitrogens with one attached hydrogen (secondary N) is 1. The maximum absolute atomic E-state index is 11.6. The Morgan fingerprint density at radius 1 is 1.00 bits per heavy atom. The summed E-state index contributed by atoms with van der Waals surface area (Å²) < 4.78 is 5.03. The van der Waals surface area contributed by atoms with Crippen molar-refractivity contribution in [3.8, 4) is 11.1 Å². The molecule has 5 heteroatoms. The third-order valence-corrected chi connectivity index (χ3v) is 3.10. The Labute approximate surface area is 170 Å². The highest BCUT2D eigenvalue weighted by Gasteiger charge is 2.05. The van der Waals surface area contributed by atoms with E-state index in [0.717, 1.165) is 30.3 Å². The molecule has 0 radical (unpaired) electrons. The highest BCUT2D eigenvalue weighted by molar-refractivity contribution is 5.84. The van der Waals surface area contributed by atoms with Crippen molar-refractivity contribution < 1.29 is 14.3 Å². The molecule has 0 aliphatic heterocycles. The lowest BCUT2D eigenvalue weighted by Crippen LogP contribution is -2.15. The fraction of sp³-hybridized carbons (Fsp3) is 0.435. The zero-order valence-electron chi connectivity index (χ0n) is 18.4. The Balaban J connectivity index is 0. The number of aldehydes is 1. The normalized spacial score (nSPS) is 8.54. The number of hydrogen-bond acceptors (Lipinski definition) is 4. The molecular weight excluding hydrogens is 352 g/mol. The van der Waals surface area contributed by atoms with Gasteiger partial charge in [-0.1, -0.05) is 79.2 Å². The molecule has 0 fully saturated rings. The predicted octanol–water partition coefficient (Wildman–Crippen LogP) is 6.99. The van der Waals surface area contributed by atoms with Crippen LogP contribution in [0.3, 0.4) is 0 Å². The first-order valence-electron chi connectivity index (χ1n) is 10.2. The van der Waals surface area contributed by atoms with E-state index in [1.807, 2.05) is 66.7 Å². The van der Waals surface area contributed by atoms with Gasteiger partial charge >= 0.3 is 6.09 Å². The van der Waals surface area contributed by atoms with Crippen LogP contribution < -0.4 is 5.32 Å². The van der Waals surface area contributed by atoms with Gasteiger partial charge in [-0.3, -0.25) is 10.1 Å². The molecule has 0 spiro atoms. The first-order valence-corrected chi connectivity index (χ1v) is 10.2. The van der Waals surface area contributed by atoms with E-state index in [1.54, 1.807) is 24.4 Å². The summed E-state index contributed by atoms with van der Waals surface area (Å²) in [6.07, 6.45) is 3.72. The highest BCUT2D eigenvalue weighted by atomic mass is 16.5. The van der Waals surface area contributed by atoms with Crippen LogP contribution in [0.25, 0.3) is 11.1 Å². The van der Waals surface area contributed by atoms with Gasteiger partial charge in [-0.15, -0.1) is 0 Å². The standard InChI is InChI=1S/C17H18N2O3.3C2H6/c1-2-3-10-22-17(21)19-16-11-15(8-9-18-16)14-6-4-13(12-20)5-7-14;3*1-2/h4-9,11-12H,2-3,10H2,1H3,(H,18,19,21);3*1-2H3. The second kappa shape index (κ2) is 19.1. The van der Waals surface area contributed by atoms with Gasteiger partial charge in [-0.2, -0.15) is 0 Å². The second-order valence-corrected chi connectivity index (χ2v) is 4.78. The molecule has 0 bridgehead atoms. The molecule has 2 rings (SSSR count). The Hall–Kier alpha value is -2.69. The number of nitrogens with zero attached hydrogens (tertiary/aromatic N) is 1. The van der Waals surface area contributed by atoms with Gasteiger partial charge in [0.25, 0.3) is 0 Å². The molecule has 156 valence electrons. The summed E-state index contributed by atoms with van der Waals surface area (Å²) in [6, 6.07) is 10.8. The summed E-state index contributed by atoms with van der Waals surface area (Å²) in [5.74, 6) is 0.429. The minimum atomic E-state index is -0.505. The maximum Gasteiger partial charge on any atom is 0.412 e. The maximum atomic E-state index is 11.6. The molecule has 0 saturated heterocycles. The molecule has 0 atom stereocenters. The van der Waals surface area contributed by atoms with E-state index in [0.29, 0.717) is 18.0 Å². The molecule has 2 aromatic rings. The van der Waals surface area contributed by atoms with Gasteiger partial charge in [0.05, 0.1) is 6.61 Å². The number of rotatable bonds is 6. The lowest BCUT2D eigenvalue weighted by molar-refractivity contribution is 0.112. The molecule has 1 heterocycles. The van der Waals surface area contributed by atoms with Crippen LogP contribution in [-0.2, 0) is 4.74 Å². The summed E-state index contributed by atoms with van der Waals surface area (Å²) in [7, 11) is 0. The largest absolute Gasteiger partial charge is 0.449 e. The van der Waals surface area contributed by atoms with Crippen LogP contribution in [0.1, 0.15) is 71.7 Å². The smallest absolute Gasteiger partial charge is 0.412 e. The van der Waals surface area contributed by atoms with Gasteiger partial charge in [0.15, 0.2) is 0 Å². The molecule has 1 N–H and O–H groups in total. The quantitative estimate of drug-likeness (QED) is 0.428. The van der Waals surface area contributed by atoms with Crippen molar-refractivity contribution in [3.63, 3.8) is 0 Å². The molecule has 0 unspecified atom stereocenters. The van der Waals surface area contributed by atoms with E-state index in [1.165, 1.54) is 0 Å². The number of amides is 1. The van der Waals surface area contributed by atoms with Crippen molar-refractivity contribution in [1.29, 1.82) is 0 Å². The van der Waals surface area contributed by atoms with E-state index < -0.39 is 6.09 Å². The van der Waals surface area contributed by atoms with Crippen molar-refractivity contribution in [2.24, 2.45) is 0 Å². The Kier molecular flexibility index (Phi) is 18.8. The van der Waals surface area contributed by atoms with Crippen molar-refractivity contribution in [3.05, 3.63) is 48.2 Å². The molecule has 5 nitrogen and oxygen atoms in total. The van der Waals surface area contributed by atoms with Gasteiger partial charge < -0.3 is 4.74 Å². The number of pyridine rings is 1. The Morgan fingerprint density at radius 2 is 1.61 bits per heavy atom. The van der Waals surface area contributed by atoms with Crippen molar-refractivity contribution in [1.82, 2.24) is 4.98 Å². The SMILES string of the molecule is CC.CC.CC.CCCCOC(=O)Nc1cc(-c2ccc(C=O)cc2)ccn1. The van der Waals surface area contributed by atoms with Crippen LogP contribution in [0.2, 0.25) is 0 Å². The first kappa shape index (κ1) is 27.5. The summed E-state index contributed by atoms with van der Waals surface area (Å²) in [5, 5.41) is 2.61. The molecule has 0 aliphatic carbocycles. The van der Waals surface area contributed by atoms with Crippen LogP contribution >= 0.6 is 0 Å². The lowest BCUT2D eigenvalue weighted by atomic mass is 10.1. The molecule has 1 amide bonds. The minimum Gasteiger partial charge on any atom is -0.449 e. The van der Waals surface area contributed by atoms with Gasteiger partial charge in [0.1, 0.15) is 12.1 Å². The van der Waals surface area contributed by atoms with E-state index in [-0.39, 0.29) is 0 Å². The monoisotopic (exact) mass is 388 g/mol. The molecule has 0 aliphatic rings. The zero-order chi connectivity index (χ0) is 21.8. The van der Waals surface area contributed by atoms with E-state index in [2.05, 4.69) is 10.3 Å². The Bertz CT molecular complexity index is 641. The number of ether oxygens (including phenoxy) is 1. The highest BCUT2D eigenvalue weighted by Crippen LogP contribution is 2.21. The fourth-order valence-electron chi connectivity index (χ4n) is 1.88. The number of benzene rings is 1. The van der Waals surface area contributed by atoms with Crippen LogP contribution in [-0.4, -0.2) is 24.0 Å². The number of anilines is 1. The van der Waals surface area contributed by atoms with Crippen molar-refractivity contribution in [2.75, 3.05) is 11.9 Å². The molecule has 28 heavy (non-hydrogen) atoms. The van der Waals surface area contributed by atoms with Gasteiger partial charge in [0.2, 0.25) is 0 Å². The van der Waals surface area contributed by atoms with Crippen LogP contribution in [0.4, 0.5) is 10.6 Å². The summed E-state index contributed by atoms with van der Waals surface area (Å²) in [4.78, 5) is 26.4.